The number of carbonyl (C=O) groups is 1. The summed E-state index contributed by atoms with van der Waals surface area (Å²) in [6, 6.07) is 0. The zero-order valence-electron chi connectivity index (χ0n) is 9.12. The van der Waals surface area contributed by atoms with Crippen molar-refractivity contribution in [2.45, 2.75) is 13.3 Å². The lowest BCUT2D eigenvalue weighted by molar-refractivity contribution is -0.124. The van der Waals surface area contributed by atoms with Crippen LogP contribution in [0.3, 0.4) is 0 Å². The highest BCUT2D eigenvalue weighted by atomic mass is 32.2. The summed E-state index contributed by atoms with van der Waals surface area (Å²) in [5.74, 6) is -0.321. The van der Waals surface area contributed by atoms with Gasteiger partial charge in [0.2, 0.25) is 15.9 Å². The first kappa shape index (κ1) is 14.3. The minimum absolute atomic E-state index is 0.129. The Morgan fingerprint density at radius 2 is 2.00 bits per heavy atom. The van der Waals surface area contributed by atoms with Gasteiger partial charge in [-0.3, -0.25) is 4.79 Å². The molecule has 0 saturated heterocycles. The molecule has 1 amide bonds. The summed E-state index contributed by atoms with van der Waals surface area (Å²) < 4.78 is 23.6. The van der Waals surface area contributed by atoms with Gasteiger partial charge in [0.25, 0.3) is 0 Å². The maximum Gasteiger partial charge on any atom is 0.224 e. The van der Waals surface area contributed by atoms with Crippen molar-refractivity contribution in [1.82, 2.24) is 10.0 Å². The zero-order valence-corrected chi connectivity index (χ0v) is 9.93. The fourth-order valence-electron chi connectivity index (χ4n) is 1.03. The average molecular weight is 237 g/mol. The second kappa shape index (κ2) is 6.76. The molecule has 0 aromatic heterocycles. The van der Waals surface area contributed by atoms with Gasteiger partial charge in [0.1, 0.15) is 0 Å². The standard InChI is InChI=1S/C8H19N3O3S/c1-3-7(6-9)8(12)10-4-5-11-15(2,13)14/h7,11H,3-6,9H2,1-2H3,(H,10,12). The lowest BCUT2D eigenvalue weighted by atomic mass is 10.1. The molecule has 0 heterocycles. The Hall–Kier alpha value is -0.660. The molecule has 7 heteroatoms. The minimum atomic E-state index is -3.18. The molecule has 0 aliphatic carbocycles. The first-order valence-electron chi connectivity index (χ1n) is 4.83. The Kier molecular flexibility index (Phi) is 6.46. The van der Waals surface area contributed by atoms with Gasteiger partial charge >= 0.3 is 0 Å². The lowest BCUT2D eigenvalue weighted by Crippen LogP contribution is -2.39. The molecule has 0 aromatic rings. The molecule has 1 unspecified atom stereocenters. The topological polar surface area (TPSA) is 101 Å². The van der Waals surface area contributed by atoms with Crippen molar-refractivity contribution in [3.8, 4) is 0 Å². The van der Waals surface area contributed by atoms with Crippen LogP contribution in [0.5, 0.6) is 0 Å². The Balaban J connectivity index is 3.73. The van der Waals surface area contributed by atoms with Gasteiger partial charge in [0.05, 0.1) is 6.26 Å². The maximum absolute atomic E-state index is 11.4. The third kappa shape index (κ3) is 7.29. The molecule has 6 nitrogen and oxygen atoms in total. The summed E-state index contributed by atoms with van der Waals surface area (Å²) >= 11 is 0. The van der Waals surface area contributed by atoms with Gasteiger partial charge in [-0.2, -0.15) is 0 Å². The molecule has 0 spiro atoms. The van der Waals surface area contributed by atoms with Crippen LogP contribution in [0.25, 0.3) is 0 Å². The molecular weight excluding hydrogens is 218 g/mol. The zero-order chi connectivity index (χ0) is 11.9. The van der Waals surface area contributed by atoms with Crippen LogP contribution in [0.1, 0.15) is 13.3 Å². The van der Waals surface area contributed by atoms with Crippen molar-refractivity contribution in [2.75, 3.05) is 25.9 Å². The van der Waals surface area contributed by atoms with Crippen molar-refractivity contribution in [1.29, 1.82) is 0 Å². The van der Waals surface area contributed by atoms with Gasteiger partial charge in [0.15, 0.2) is 0 Å². The average Bonchev–Trinajstić information content (AvgIpc) is 2.13. The molecule has 0 aliphatic rings. The van der Waals surface area contributed by atoms with Crippen molar-refractivity contribution >= 4 is 15.9 Å². The second-order valence-corrected chi connectivity index (χ2v) is 5.13. The van der Waals surface area contributed by atoms with Crippen molar-refractivity contribution in [3.05, 3.63) is 0 Å². The SMILES string of the molecule is CCC(CN)C(=O)NCCNS(C)(=O)=O. The second-order valence-electron chi connectivity index (χ2n) is 3.30. The summed E-state index contributed by atoms with van der Waals surface area (Å²) in [6.07, 6.45) is 1.76. The molecule has 4 N–H and O–H groups in total. The molecule has 0 saturated carbocycles. The Morgan fingerprint density at radius 3 is 2.40 bits per heavy atom. The third-order valence-corrected chi connectivity index (χ3v) is 2.67. The van der Waals surface area contributed by atoms with Crippen LogP contribution in [0, 0.1) is 5.92 Å². The summed E-state index contributed by atoms with van der Waals surface area (Å²) in [6.45, 7) is 2.67. The van der Waals surface area contributed by atoms with E-state index in [4.69, 9.17) is 5.73 Å². The van der Waals surface area contributed by atoms with Crippen LogP contribution in [0.4, 0.5) is 0 Å². The van der Waals surface area contributed by atoms with Crippen LogP contribution < -0.4 is 15.8 Å². The highest BCUT2D eigenvalue weighted by molar-refractivity contribution is 7.88. The van der Waals surface area contributed by atoms with E-state index < -0.39 is 10.0 Å². The number of sulfonamides is 1. The van der Waals surface area contributed by atoms with Crippen LogP contribution in [-0.2, 0) is 14.8 Å². The number of nitrogens with two attached hydrogens (primary N) is 1. The highest BCUT2D eigenvalue weighted by Crippen LogP contribution is 1.98. The Morgan fingerprint density at radius 1 is 1.40 bits per heavy atom. The van der Waals surface area contributed by atoms with Crippen molar-refractivity contribution in [3.63, 3.8) is 0 Å². The van der Waals surface area contributed by atoms with Gasteiger partial charge in [-0.25, -0.2) is 13.1 Å². The number of amides is 1. The van der Waals surface area contributed by atoms with Gasteiger partial charge in [0, 0.05) is 25.6 Å². The molecule has 0 bridgehead atoms. The van der Waals surface area contributed by atoms with E-state index in [9.17, 15) is 13.2 Å². The molecular formula is C8H19N3O3S. The minimum Gasteiger partial charge on any atom is -0.355 e. The molecule has 0 fully saturated rings. The molecule has 0 aliphatic heterocycles. The fourth-order valence-corrected chi connectivity index (χ4v) is 1.50. The summed E-state index contributed by atoms with van der Waals surface area (Å²) in [5, 5.41) is 2.61. The van der Waals surface area contributed by atoms with E-state index in [2.05, 4.69) is 10.0 Å². The number of carbonyl (C=O) groups excluding carboxylic acids is 1. The first-order chi connectivity index (χ1) is 6.90. The number of rotatable bonds is 7. The largest absolute Gasteiger partial charge is 0.355 e. The van der Waals surface area contributed by atoms with Gasteiger partial charge in [-0.05, 0) is 6.42 Å². The Bertz CT molecular complexity index is 286. The number of nitrogens with one attached hydrogen (secondary N) is 2. The summed E-state index contributed by atoms with van der Waals surface area (Å²) in [7, 11) is -3.18. The molecule has 1 atom stereocenters. The molecule has 0 aromatic carbocycles. The van der Waals surface area contributed by atoms with Crippen molar-refractivity contribution in [2.24, 2.45) is 11.7 Å². The van der Waals surface area contributed by atoms with Crippen LogP contribution in [0.2, 0.25) is 0 Å². The highest BCUT2D eigenvalue weighted by Gasteiger charge is 2.13. The normalized spacial score (nSPS) is 13.5. The van der Waals surface area contributed by atoms with Crippen LogP contribution in [0.15, 0.2) is 0 Å². The van der Waals surface area contributed by atoms with E-state index in [0.29, 0.717) is 13.0 Å². The fraction of sp³-hybridized carbons (Fsp3) is 0.875. The van der Waals surface area contributed by atoms with Gasteiger partial charge < -0.3 is 11.1 Å². The first-order valence-corrected chi connectivity index (χ1v) is 6.72. The van der Waals surface area contributed by atoms with Crippen molar-refractivity contribution < 1.29 is 13.2 Å². The van der Waals surface area contributed by atoms with E-state index in [-0.39, 0.29) is 24.9 Å². The van der Waals surface area contributed by atoms with E-state index in [1.807, 2.05) is 6.92 Å². The van der Waals surface area contributed by atoms with E-state index in [1.54, 1.807) is 0 Å². The monoisotopic (exact) mass is 237 g/mol. The maximum atomic E-state index is 11.4. The van der Waals surface area contributed by atoms with Gasteiger partial charge in [-0.15, -0.1) is 0 Å². The molecule has 15 heavy (non-hydrogen) atoms. The smallest absolute Gasteiger partial charge is 0.224 e. The predicted molar refractivity (Wildman–Crippen MR) is 58.7 cm³/mol. The van der Waals surface area contributed by atoms with E-state index >= 15 is 0 Å². The molecule has 0 rings (SSSR count). The van der Waals surface area contributed by atoms with Gasteiger partial charge in [-0.1, -0.05) is 6.92 Å². The van der Waals surface area contributed by atoms with Crippen LogP contribution >= 0.6 is 0 Å². The predicted octanol–water partition coefficient (Wildman–Crippen LogP) is -1.36. The quantitative estimate of drug-likeness (QED) is 0.476. The molecule has 0 radical (unpaired) electrons. The lowest BCUT2D eigenvalue weighted by Gasteiger charge is -2.12. The number of hydrogen-bond donors (Lipinski definition) is 3. The van der Waals surface area contributed by atoms with Crippen LogP contribution in [-0.4, -0.2) is 40.2 Å². The Labute approximate surface area is 90.7 Å². The van der Waals surface area contributed by atoms with E-state index in [0.717, 1.165) is 6.26 Å². The number of hydrogen-bond acceptors (Lipinski definition) is 4. The summed E-state index contributed by atoms with van der Waals surface area (Å²) in [4.78, 5) is 11.4. The third-order valence-electron chi connectivity index (χ3n) is 1.94. The summed E-state index contributed by atoms with van der Waals surface area (Å²) in [5.41, 5.74) is 5.39. The molecule has 90 valence electrons. The van der Waals surface area contributed by atoms with E-state index in [1.165, 1.54) is 0 Å².